The van der Waals surface area contributed by atoms with E-state index in [1.54, 1.807) is 58.0 Å². The molecule has 0 saturated heterocycles. The Morgan fingerprint density at radius 1 is 1.08 bits per heavy atom. The second-order valence-electron chi connectivity index (χ2n) is 8.36. The van der Waals surface area contributed by atoms with Crippen LogP contribution in [0.4, 0.5) is 14.9 Å². The molecule has 0 aliphatic rings. The van der Waals surface area contributed by atoms with Crippen molar-refractivity contribution in [1.82, 2.24) is 14.5 Å². The molecule has 1 aromatic heterocycles. The van der Waals surface area contributed by atoms with Crippen LogP contribution in [-0.2, 0) is 0 Å². The number of hydrogen-bond acceptors (Lipinski definition) is 4. The number of halogens is 1. The molecule has 1 atom stereocenters. The number of fused-ring (bicyclic) bond motifs is 1. The van der Waals surface area contributed by atoms with Gasteiger partial charge >= 0.3 is 6.03 Å². The summed E-state index contributed by atoms with van der Waals surface area (Å²) in [6, 6.07) is 19.1. The van der Waals surface area contributed by atoms with Gasteiger partial charge in [-0.15, -0.1) is 0 Å². The average Bonchev–Trinajstić information content (AvgIpc) is 2.87. The van der Waals surface area contributed by atoms with Gasteiger partial charge in [-0.05, 0) is 74.9 Å². The maximum atomic E-state index is 13.7. The van der Waals surface area contributed by atoms with Crippen molar-refractivity contribution in [3.63, 3.8) is 0 Å². The van der Waals surface area contributed by atoms with Crippen LogP contribution in [0.2, 0.25) is 0 Å². The zero-order valence-corrected chi connectivity index (χ0v) is 20.6. The van der Waals surface area contributed by atoms with Crippen LogP contribution < -0.4 is 15.6 Å². The van der Waals surface area contributed by atoms with Crippen molar-refractivity contribution >= 4 is 22.6 Å². The van der Waals surface area contributed by atoms with Gasteiger partial charge in [-0.3, -0.25) is 9.36 Å². The molecule has 0 bridgehead atoms. The summed E-state index contributed by atoms with van der Waals surface area (Å²) in [6.45, 7) is 6.65. The number of rotatable bonds is 8. The fraction of sp³-hybridized carbons (Fsp3) is 0.250. The first-order valence-corrected chi connectivity index (χ1v) is 12.0. The summed E-state index contributed by atoms with van der Waals surface area (Å²) in [4.78, 5) is 33.4. The highest BCUT2D eigenvalue weighted by Crippen LogP contribution is 2.25. The van der Waals surface area contributed by atoms with Crippen LogP contribution in [0.3, 0.4) is 0 Å². The van der Waals surface area contributed by atoms with E-state index in [-0.39, 0.29) is 5.56 Å². The number of hydrogen-bond donors (Lipinski definition) is 1. The molecular formula is C28H29FN4O3. The molecule has 36 heavy (non-hydrogen) atoms. The largest absolute Gasteiger partial charge is 0.494 e. The lowest BCUT2D eigenvalue weighted by atomic mass is 10.1. The molecule has 2 amide bonds. The molecule has 4 aromatic rings. The van der Waals surface area contributed by atoms with E-state index in [4.69, 9.17) is 9.72 Å². The standard InChI is InChI=1S/C28H29FN4O3/c1-4-17-32(28(35)30-21-10-8-9-20(29)18-21)19(3)26-31-25-12-7-6-11-24(25)27(34)33(26)22-13-15-23(16-14-22)36-5-2/h6-16,18-19H,4-5,17H2,1-3H3,(H,30,35). The average molecular weight is 489 g/mol. The number of nitrogens with zero attached hydrogens (tertiary/aromatic N) is 3. The molecule has 8 heteroatoms. The topological polar surface area (TPSA) is 76.5 Å². The predicted octanol–water partition coefficient (Wildman–Crippen LogP) is 5.93. The fourth-order valence-corrected chi connectivity index (χ4v) is 4.15. The number of ether oxygens (including phenoxy) is 1. The molecule has 0 aliphatic carbocycles. The van der Waals surface area contributed by atoms with Crippen LogP contribution in [0.25, 0.3) is 16.6 Å². The quantitative estimate of drug-likeness (QED) is 0.334. The molecule has 1 heterocycles. The van der Waals surface area contributed by atoms with E-state index in [0.717, 1.165) is 0 Å². The summed E-state index contributed by atoms with van der Waals surface area (Å²) in [7, 11) is 0. The lowest BCUT2D eigenvalue weighted by Gasteiger charge is -2.30. The molecule has 0 aliphatic heterocycles. The lowest BCUT2D eigenvalue weighted by Crippen LogP contribution is -2.40. The van der Waals surface area contributed by atoms with Gasteiger partial charge in [-0.1, -0.05) is 25.1 Å². The van der Waals surface area contributed by atoms with Crippen molar-refractivity contribution in [2.75, 3.05) is 18.5 Å². The SMILES string of the molecule is CCCN(C(=O)Nc1cccc(F)c1)C(C)c1nc2ccccc2c(=O)n1-c1ccc(OCC)cc1. The Bertz CT molecular complexity index is 1420. The van der Waals surface area contributed by atoms with Crippen LogP contribution in [0.1, 0.15) is 39.1 Å². The Morgan fingerprint density at radius 3 is 2.53 bits per heavy atom. The summed E-state index contributed by atoms with van der Waals surface area (Å²) >= 11 is 0. The van der Waals surface area contributed by atoms with E-state index in [1.165, 1.54) is 18.2 Å². The Hall–Kier alpha value is -4.20. The first-order chi connectivity index (χ1) is 17.4. The number of benzene rings is 3. The summed E-state index contributed by atoms with van der Waals surface area (Å²) < 4.78 is 20.8. The summed E-state index contributed by atoms with van der Waals surface area (Å²) in [5.74, 6) is 0.675. The van der Waals surface area contributed by atoms with Gasteiger partial charge in [0.25, 0.3) is 5.56 Å². The highest BCUT2D eigenvalue weighted by molar-refractivity contribution is 5.89. The smallest absolute Gasteiger partial charge is 0.322 e. The van der Waals surface area contributed by atoms with E-state index in [9.17, 15) is 14.0 Å². The number of carbonyl (C=O) groups excluding carboxylic acids is 1. The van der Waals surface area contributed by atoms with Gasteiger partial charge in [-0.2, -0.15) is 0 Å². The Labute approximate surface area is 209 Å². The maximum absolute atomic E-state index is 13.7. The monoisotopic (exact) mass is 488 g/mol. The Balaban J connectivity index is 1.80. The Morgan fingerprint density at radius 2 is 1.83 bits per heavy atom. The summed E-state index contributed by atoms with van der Waals surface area (Å²) in [6.07, 6.45) is 0.682. The number of para-hydroxylation sites is 1. The molecule has 4 rings (SSSR count). The number of urea groups is 1. The van der Waals surface area contributed by atoms with Gasteiger partial charge in [0, 0.05) is 12.2 Å². The van der Waals surface area contributed by atoms with Gasteiger partial charge in [0.15, 0.2) is 0 Å². The molecule has 1 unspecified atom stereocenters. The van der Waals surface area contributed by atoms with Gasteiger partial charge < -0.3 is 15.0 Å². The highest BCUT2D eigenvalue weighted by atomic mass is 19.1. The molecule has 7 nitrogen and oxygen atoms in total. The third-order valence-corrected chi connectivity index (χ3v) is 5.85. The van der Waals surface area contributed by atoms with Crippen molar-refractivity contribution in [1.29, 1.82) is 0 Å². The van der Waals surface area contributed by atoms with Crippen molar-refractivity contribution in [2.45, 2.75) is 33.2 Å². The van der Waals surface area contributed by atoms with Crippen molar-refractivity contribution in [2.24, 2.45) is 0 Å². The van der Waals surface area contributed by atoms with Crippen LogP contribution in [0.5, 0.6) is 5.75 Å². The van der Waals surface area contributed by atoms with E-state index >= 15 is 0 Å². The predicted molar refractivity (Wildman–Crippen MR) is 139 cm³/mol. The Kier molecular flexibility index (Phi) is 7.63. The van der Waals surface area contributed by atoms with Gasteiger partial charge in [0.1, 0.15) is 17.4 Å². The molecule has 0 spiro atoms. The van der Waals surface area contributed by atoms with E-state index in [0.29, 0.717) is 53.4 Å². The van der Waals surface area contributed by atoms with Crippen molar-refractivity contribution < 1.29 is 13.9 Å². The minimum Gasteiger partial charge on any atom is -0.494 e. The van der Waals surface area contributed by atoms with Gasteiger partial charge in [0.05, 0.1) is 29.2 Å². The van der Waals surface area contributed by atoms with Gasteiger partial charge in [-0.25, -0.2) is 14.2 Å². The van der Waals surface area contributed by atoms with E-state index in [2.05, 4.69) is 5.32 Å². The summed E-state index contributed by atoms with van der Waals surface area (Å²) in [5.41, 5.74) is 1.29. The minimum absolute atomic E-state index is 0.228. The number of carbonyl (C=O) groups is 1. The lowest BCUT2D eigenvalue weighted by molar-refractivity contribution is 0.189. The van der Waals surface area contributed by atoms with Crippen LogP contribution in [0, 0.1) is 5.82 Å². The molecule has 0 fully saturated rings. The second kappa shape index (κ2) is 11.0. The molecular weight excluding hydrogens is 459 g/mol. The van der Waals surface area contributed by atoms with Crippen LogP contribution in [-0.4, -0.2) is 33.6 Å². The number of nitrogens with one attached hydrogen (secondary N) is 1. The second-order valence-corrected chi connectivity index (χ2v) is 8.36. The number of anilines is 1. The zero-order chi connectivity index (χ0) is 25.7. The molecule has 0 saturated carbocycles. The fourth-order valence-electron chi connectivity index (χ4n) is 4.15. The molecule has 0 radical (unpaired) electrons. The first-order valence-electron chi connectivity index (χ1n) is 12.0. The third-order valence-electron chi connectivity index (χ3n) is 5.85. The maximum Gasteiger partial charge on any atom is 0.322 e. The third kappa shape index (κ3) is 5.22. The van der Waals surface area contributed by atoms with Crippen LogP contribution in [0.15, 0.2) is 77.6 Å². The van der Waals surface area contributed by atoms with Crippen LogP contribution >= 0.6 is 0 Å². The molecule has 3 aromatic carbocycles. The normalized spacial score (nSPS) is 11.8. The van der Waals surface area contributed by atoms with Crippen molar-refractivity contribution in [3.8, 4) is 11.4 Å². The molecule has 1 N–H and O–H groups in total. The zero-order valence-electron chi connectivity index (χ0n) is 20.6. The van der Waals surface area contributed by atoms with Crippen molar-refractivity contribution in [3.05, 3.63) is 94.8 Å². The summed E-state index contributed by atoms with van der Waals surface area (Å²) in [5, 5.41) is 3.25. The number of aromatic nitrogens is 2. The van der Waals surface area contributed by atoms with Gasteiger partial charge in [0.2, 0.25) is 0 Å². The van der Waals surface area contributed by atoms with E-state index in [1.807, 2.05) is 26.8 Å². The first kappa shape index (κ1) is 24.9. The highest BCUT2D eigenvalue weighted by Gasteiger charge is 2.26. The van der Waals surface area contributed by atoms with E-state index < -0.39 is 17.9 Å². The number of amides is 2. The minimum atomic E-state index is -0.567. The molecule has 186 valence electrons.